The van der Waals surface area contributed by atoms with Crippen molar-refractivity contribution in [3.8, 4) is 0 Å². The zero-order valence-corrected chi connectivity index (χ0v) is 13.4. The summed E-state index contributed by atoms with van der Waals surface area (Å²) < 4.78 is 5.54. The van der Waals surface area contributed by atoms with Gasteiger partial charge in [0.05, 0.1) is 6.10 Å². The predicted octanol–water partition coefficient (Wildman–Crippen LogP) is 3.10. The van der Waals surface area contributed by atoms with Crippen molar-refractivity contribution >= 4 is 23.2 Å². The smallest absolute Gasteiger partial charge is 0.226 e. The van der Waals surface area contributed by atoms with Crippen LogP contribution in [-0.2, 0) is 14.3 Å². The molecule has 1 N–H and O–H groups in total. The maximum absolute atomic E-state index is 12.1. The third kappa shape index (κ3) is 4.32. The largest absolute Gasteiger partial charge is 0.378 e. The van der Waals surface area contributed by atoms with Crippen molar-refractivity contribution in [2.75, 3.05) is 23.4 Å². The molecule has 23 heavy (non-hydrogen) atoms. The van der Waals surface area contributed by atoms with Gasteiger partial charge in [0, 0.05) is 37.4 Å². The number of hydrogen-bond donors (Lipinski definition) is 1. The number of ether oxygens (including phenoxy) is 1. The molecule has 0 bridgehead atoms. The van der Waals surface area contributed by atoms with Crippen LogP contribution in [0.25, 0.3) is 0 Å². The molecule has 1 atom stereocenters. The lowest BCUT2D eigenvalue weighted by atomic mass is 10.1. The van der Waals surface area contributed by atoms with Crippen molar-refractivity contribution in [3.63, 3.8) is 0 Å². The van der Waals surface area contributed by atoms with Crippen molar-refractivity contribution in [2.24, 2.45) is 0 Å². The Morgan fingerprint density at radius 2 is 2.22 bits per heavy atom. The minimum Gasteiger partial charge on any atom is -0.378 e. The average molecular weight is 316 g/mol. The van der Waals surface area contributed by atoms with Crippen molar-refractivity contribution in [1.82, 2.24) is 0 Å². The van der Waals surface area contributed by atoms with E-state index in [-0.39, 0.29) is 17.9 Å². The number of nitrogens with zero attached hydrogens (tertiary/aromatic N) is 1. The van der Waals surface area contributed by atoms with Crippen molar-refractivity contribution in [1.29, 1.82) is 0 Å². The third-order valence-corrected chi connectivity index (χ3v) is 4.48. The normalized spacial score (nSPS) is 21.5. The van der Waals surface area contributed by atoms with Gasteiger partial charge in [0.2, 0.25) is 11.8 Å². The first-order valence-corrected chi connectivity index (χ1v) is 8.54. The van der Waals surface area contributed by atoms with Crippen molar-refractivity contribution in [2.45, 2.75) is 51.0 Å². The minimum absolute atomic E-state index is 0.00243. The molecule has 0 radical (unpaired) electrons. The van der Waals surface area contributed by atoms with E-state index in [1.54, 1.807) is 0 Å². The van der Waals surface area contributed by atoms with Crippen LogP contribution in [0.2, 0.25) is 0 Å². The molecule has 1 aromatic rings. The summed E-state index contributed by atoms with van der Waals surface area (Å²) in [6, 6.07) is 7.55. The summed E-state index contributed by atoms with van der Waals surface area (Å²) in [6.45, 7) is 1.58. The monoisotopic (exact) mass is 316 g/mol. The third-order valence-electron chi connectivity index (χ3n) is 4.48. The molecule has 1 aromatic carbocycles. The van der Waals surface area contributed by atoms with Crippen molar-refractivity contribution in [3.05, 3.63) is 24.3 Å². The van der Waals surface area contributed by atoms with E-state index < -0.39 is 0 Å². The zero-order valence-electron chi connectivity index (χ0n) is 13.4. The maximum atomic E-state index is 12.1. The molecule has 1 unspecified atom stereocenters. The highest BCUT2D eigenvalue weighted by Crippen LogP contribution is 2.24. The van der Waals surface area contributed by atoms with Crippen molar-refractivity contribution < 1.29 is 14.3 Å². The molecule has 2 heterocycles. The summed E-state index contributed by atoms with van der Waals surface area (Å²) in [5.41, 5.74) is 1.62. The number of amides is 2. The van der Waals surface area contributed by atoms with E-state index in [4.69, 9.17) is 4.74 Å². The number of benzene rings is 1. The van der Waals surface area contributed by atoms with Crippen LogP contribution in [0.5, 0.6) is 0 Å². The quantitative estimate of drug-likeness (QED) is 0.908. The fourth-order valence-corrected chi connectivity index (χ4v) is 3.22. The molecule has 2 amide bonds. The molecule has 0 aromatic heterocycles. The van der Waals surface area contributed by atoms with Gasteiger partial charge in [-0.3, -0.25) is 9.59 Å². The molecule has 5 heteroatoms. The van der Waals surface area contributed by atoms with E-state index in [1.165, 1.54) is 0 Å². The van der Waals surface area contributed by atoms with Crippen LogP contribution in [0, 0.1) is 0 Å². The Morgan fingerprint density at radius 3 is 3.00 bits per heavy atom. The molecule has 0 aliphatic carbocycles. The molecule has 2 aliphatic rings. The van der Waals surface area contributed by atoms with Gasteiger partial charge in [-0.15, -0.1) is 0 Å². The van der Waals surface area contributed by atoms with Crippen LogP contribution < -0.4 is 10.2 Å². The SMILES string of the molecule is O=C(CCC1CCCO1)Nc1cccc(N2CCCCC2=O)c1. The Hall–Kier alpha value is -1.88. The van der Waals surface area contributed by atoms with Crippen LogP contribution >= 0.6 is 0 Å². The number of nitrogens with one attached hydrogen (secondary N) is 1. The summed E-state index contributed by atoms with van der Waals surface area (Å²) in [4.78, 5) is 25.9. The molecule has 0 saturated carbocycles. The Balaban J connectivity index is 1.56. The first-order chi connectivity index (χ1) is 11.2. The second-order valence-corrected chi connectivity index (χ2v) is 6.27. The summed E-state index contributed by atoms with van der Waals surface area (Å²) in [7, 11) is 0. The lowest BCUT2D eigenvalue weighted by molar-refractivity contribution is -0.119. The number of rotatable bonds is 5. The fourth-order valence-electron chi connectivity index (χ4n) is 3.22. The molecule has 124 valence electrons. The highest BCUT2D eigenvalue weighted by molar-refractivity contribution is 5.96. The van der Waals surface area contributed by atoms with Gasteiger partial charge in [-0.25, -0.2) is 0 Å². The predicted molar refractivity (Wildman–Crippen MR) is 89.5 cm³/mol. The van der Waals surface area contributed by atoms with E-state index in [0.717, 1.165) is 56.6 Å². The highest BCUT2D eigenvalue weighted by Gasteiger charge is 2.20. The lowest BCUT2D eigenvalue weighted by Crippen LogP contribution is -2.35. The van der Waals surface area contributed by atoms with E-state index in [1.807, 2.05) is 29.2 Å². The fraction of sp³-hybridized carbons (Fsp3) is 0.556. The van der Waals surface area contributed by atoms with Gasteiger partial charge in [-0.05, 0) is 50.3 Å². The molecule has 2 fully saturated rings. The van der Waals surface area contributed by atoms with Crippen LogP contribution in [0.4, 0.5) is 11.4 Å². The second-order valence-electron chi connectivity index (χ2n) is 6.27. The van der Waals surface area contributed by atoms with Gasteiger partial charge in [0.1, 0.15) is 0 Å². The minimum atomic E-state index is 0.00243. The van der Waals surface area contributed by atoms with Gasteiger partial charge in [-0.1, -0.05) is 6.07 Å². The van der Waals surface area contributed by atoms with Crippen LogP contribution in [0.1, 0.15) is 44.9 Å². The Kier molecular flexibility index (Phi) is 5.28. The average Bonchev–Trinajstić information content (AvgIpc) is 3.07. The van der Waals surface area contributed by atoms with E-state index in [9.17, 15) is 9.59 Å². The number of hydrogen-bond acceptors (Lipinski definition) is 3. The maximum Gasteiger partial charge on any atom is 0.226 e. The molecular weight excluding hydrogens is 292 g/mol. The van der Waals surface area contributed by atoms with Gasteiger partial charge in [-0.2, -0.15) is 0 Å². The van der Waals surface area contributed by atoms with Gasteiger partial charge >= 0.3 is 0 Å². The molecule has 3 rings (SSSR count). The van der Waals surface area contributed by atoms with Crippen LogP contribution in [0.3, 0.4) is 0 Å². The van der Waals surface area contributed by atoms with Crippen LogP contribution in [0.15, 0.2) is 24.3 Å². The number of carbonyl (C=O) groups excluding carboxylic acids is 2. The Labute approximate surface area is 137 Å². The first-order valence-electron chi connectivity index (χ1n) is 8.54. The molecule has 5 nitrogen and oxygen atoms in total. The van der Waals surface area contributed by atoms with Gasteiger partial charge in [0.15, 0.2) is 0 Å². The van der Waals surface area contributed by atoms with Gasteiger partial charge < -0.3 is 15.0 Å². The molecular formula is C18H24N2O3. The molecule has 0 spiro atoms. The number of piperidine rings is 1. The summed E-state index contributed by atoms with van der Waals surface area (Å²) in [5, 5.41) is 2.93. The second kappa shape index (κ2) is 7.59. The van der Waals surface area contributed by atoms with Gasteiger partial charge in [0.25, 0.3) is 0 Å². The molecule has 2 aliphatic heterocycles. The van der Waals surface area contributed by atoms with E-state index in [2.05, 4.69) is 5.32 Å². The standard InChI is InChI=1S/C18H24N2O3/c21-17(10-9-16-7-4-12-23-16)19-14-5-3-6-15(13-14)20-11-2-1-8-18(20)22/h3,5-6,13,16H,1-2,4,7-12H2,(H,19,21). The number of carbonyl (C=O) groups is 2. The lowest BCUT2D eigenvalue weighted by Gasteiger charge is -2.27. The zero-order chi connectivity index (χ0) is 16.1. The Morgan fingerprint density at radius 1 is 1.30 bits per heavy atom. The van der Waals surface area contributed by atoms with E-state index in [0.29, 0.717) is 12.8 Å². The summed E-state index contributed by atoms with van der Waals surface area (Å²) in [5.74, 6) is 0.167. The Bertz CT molecular complexity index is 567. The van der Waals surface area contributed by atoms with E-state index >= 15 is 0 Å². The highest BCUT2D eigenvalue weighted by atomic mass is 16.5. The summed E-state index contributed by atoms with van der Waals surface area (Å²) in [6.07, 6.45) is 6.24. The first kappa shape index (κ1) is 16.0. The number of anilines is 2. The van der Waals surface area contributed by atoms with Crippen LogP contribution in [-0.4, -0.2) is 31.1 Å². The summed E-state index contributed by atoms with van der Waals surface area (Å²) >= 11 is 0. The molecule has 2 saturated heterocycles. The topological polar surface area (TPSA) is 58.6 Å².